The van der Waals surface area contributed by atoms with Gasteiger partial charge >= 0.3 is 5.97 Å². The SMILES string of the molecule is Cc1cc(Cl)ccc1NC(=O)COC(=O)c1cc2c(cc1[N+](=O)[O-])OCO2. The van der Waals surface area contributed by atoms with E-state index in [1.807, 2.05) is 0 Å². The Hall–Kier alpha value is -3.33. The number of nitro benzene ring substituents is 1. The van der Waals surface area contributed by atoms with Crippen LogP contribution in [0.25, 0.3) is 0 Å². The number of anilines is 1. The highest BCUT2D eigenvalue weighted by Gasteiger charge is 2.28. The minimum Gasteiger partial charge on any atom is -0.454 e. The second kappa shape index (κ2) is 7.50. The number of nitrogens with one attached hydrogen (secondary N) is 1. The lowest BCUT2D eigenvalue weighted by Gasteiger charge is -2.09. The molecule has 0 saturated heterocycles. The van der Waals surface area contributed by atoms with E-state index in [1.165, 1.54) is 0 Å². The fourth-order valence-corrected chi connectivity index (χ4v) is 2.63. The molecule has 27 heavy (non-hydrogen) atoms. The molecule has 0 bridgehead atoms. The molecule has 0 saturated carbocycles. The number of carbonyl (C=O) groups excluding carboxylic acids is 2. The van der Waals surface area contributed by atoms with E-state index in [1.54, 1.807) is 25.1 Å². The zero-order chi connectivity index (χ0) is 19.6. The Kier molecular flexibility index (Phi) is 5.13. The predicted molar refractivity (Wildman–Crippen MR) is 94.3 cm³/mol. The monoisotopic (exact) mass is 392 g/mol. The number of esters is 1. The number of fused-ring (bicyclic) bond motifs is 1. The van der Waals surface area contributed by atoms with Crippen molar-refractivity contribution in [2.45, 2.75) is 6.92 Å². The number of hydrogen-bond donors (Lipinski definition) is 1. The van der Waals surface area contributed by atoms with Crippen molar-refractivity contribution in [2.75, 3.05) is 18.7 Å². The molecule has 2 aromatic rings. The van der Waals surface area contributed by atoms with Crippen molar-refractivity contribution in [1.29, 1.82) is 0 Å². The van der Waals surface area contributed by atoms with Gasteiger partial charge in [-0.3, -0.25) is 14.9 Å². The van der Waals surface area contributed by atoms with E-state index in [0.717, 1.165) is 17.7 Å². The summed E-state index contributed by atoms with van der Waals surface area (Å²) in [6.45, 7) is 1.03. The van der Waals surface area contributed by atoms with E-state index in [0.29, 0.717) is 10.7 Å². The van der Waals surface area contributed by atoms with Crippen LogP contribution in [0.2, 0.25) is 5.02 Å². The largest absolute Gasteiger partial charge is 0.454 e. The molecule has 1 aliphatic heterocycles. The molecule has 1 heterocycles. The summed E-state index contributed by atoms with van der Waals surface area (Å²) in [6.07, 6.45) is 0. The Morgan fingerprint density at radius 1 is 1.26 bits per heavy atom. The van der Waals surface area contributed by atoms with Crippen molar-refractivity contribution >= 4 is 34.9 Å². The molecule has 2 aromatic carbocycles. The third-order valence-electron chi connectivity index (χ3n) is 3.70. The number of halogens is 1. The summed E-state index contributed by atoms with van der Waals surface area (Å²) in [5.41, 5.74) is 0.404. The van der Waals surface area contributed by atoms with Gasteiger partial charge in [0.05, 0.1) is 11.0 Å². The highest BCUT2D eigenvalue weighted by atomic mass is 35.5. The van der Waals surface area contributed by atoms with Gasteiger partial charge in [0.15, 0.2) is 18.1 Å². The van der Waals surface area contributed by atoms with Crippen LogP contribution in [0.3, 0.4) is 0 Å². The first-order valence-corrected chi connectivity index (χ1v) is 8.04. The fraction of sp³-hybridized carbons (Fsp3) is 0.176. The standard InChI is InChI=1S/C17H13ClN2O7/c1-9-4-10(18)2-3-12(9)19-16(21)7-25-17(22)11-5-14-15(27-8-26-14)6-13(11)20(23)24/h2-6H,7-8H2,1H3,(H,19,21). The number of hydrogen-bond acceptors (Lipinski definition) is 7. The Morgan fingerprint density at radius 3 is 2.63 bits per heavy atom. The van der Waals surface area contributed by atoms with Crippen LogP contribution in [0.15, 0.2) is 30.3 Å². The summed E-state index contributed by atoms with van der Waals surface area (Å²) in [7, 11) is 0. The Bertz CT molecular complexity index is 945. The highest BCUT2D eigenvalue weighted by molar-refractivity contribution is 6.30. The van der Waals surface area contributed by atoms with Crippen LogP contribution >= 0.6 is 11.6 Å². The lowest BCUT2D eigenvalue weighted by atomic mass is 10.1. The zero-order valence-electron chi connectivity index (χ0n) is 14.0. The van der Waals surface area contributed by atoms with Crippen LogP contribution in [0.5, 0.6) is 11.5 Å². The summed E-state index contributed by atoms with van der Waals surface area (Å²) in [6, 6.07) is 7.12. The number of carbonyl (C=O) groups is 2. The van der Waals surface area contributed by atoms with Crippen molar-refractivity contribution in [3.8, 4) is 11.5 Å². The average Bonchev–Trinajstić information content (AvgIpc) is 3.08. The molecule has 140 valence electrons. The van der Waals surface area contributed by atoms with Gasteiger partial charge in [0.2, 0.25) is 6.79 Å². The Labute approximate surface area is 157 Å². The maximum atomic E-state index is 12.2. The first-order chi connectivity index (χ1) is 12.8. The molecular formula is C17H13ClN2O7. The minimum absolute atomic E-state index is 0.103. The lowest BCUT2D eigenvalue weighted by molar-refractivity contribution is -0.385. The number of nitro groups is 1. The van der Waals surface area contributed by atoms with Gasteiger partial charge in [-0.25, -0.2) is 4.79 Å². The van der Waals surface area contributed by atoms with Crippen molar-refractivity contribution in [3.05, 3.63) is 56.6 Å². The van der Waals surface area contributed by atoms with E-state index in [-0.39, 0.29) is 23.9 Å². The van der Waals surface area contributed by atoms with E-state index in [4.69, 9.17) is 25.8 Å². The van der Waals surface area contributed by atoms with E-state index < -0.39 is 29.1 Å². The number of ether oxygens (including phenoxy) is 3. The topological polar surface area (TPSA) is 117 Å². The third kappa shape index (κ3) is 4.09. The maximum Gasteiger partial charge on any atom is 0.345 e. The van der Waals surface area contributed by atoms with Crippen LogP contribution in [-0.4, -0.2) is 30.2 Å². The number of rotatable bonds is 5. The summed E-state index contributed by atoms with van der Waals surface area (Å²) in [5.74, 6) is -1.27. The molecule has 0 atom stereocenters. The maximum absolute atomic E-state index is 12.2. The lowest BCUT2D eigenvalue weighted by Crippen LogP contribution is -2.21. The van der Waals surface area contributed by atoms with Crippen molar-refractivity contribution < 1.29 is 28.7 Å². The van der Waals surface area contributed by atoms with Crippen LogP contribution in [0.4, 0.5) is 11.4 Å². The van der Waals surface area contributed by atoms with Crippen LogP contribution < -0.4 is 14.8 Å². The summed E-state index contributed by atoms with van der Waals surface area (Å²) < 4.78 is 15.1. The number of amides is 1. The van der Waals surface area contributed by atoms with Crippen molar-refractivity contribution in [2.24, 2.45) is 0 Å². The molecule has 0 spiro atoms. The van der Waals surface area contributed by atoms with Gasteiger partial charge in [-0.1, -0.05) is 11.6 Å². The van der Waals surface area contributed by atoms with Crippen molar-refractivity contribution in [3.63, 3.8) is 0 Å². The quantitative estimate of drug-likeness (QED) is 0.472. The normalized spacial score (nSPS) is 11.8. The van der Waals surface area contributed by atoms with E-state index in [9.17, 15) is 19.7 Å². The molecule has 9 nitrogen and oxygen atoms in total. The van der Waals surface area contributed by atoms with E-state index in [2.05, 4.69) is 5.32 Å². The molecule has 0 fully saturated rings. The predicted octanol–water partition coefficient (Wildman–Crippen LogP) is 3.08. The van der Waals surface area contributed by atoms with Gasteiger partial charge < -0.3 is 19.5 Å². The first kappa shape index (κ1) is 18.5. The van der Waals surface area contributed by atoms with E-state index >= 15 is 0 Å². The third-order valence-corrected chi connectivity index (χ3v) is 3.94. The smallest absolute Gasteiger partial charge is 0.345 e. The molecule has 0 unspecified atom stereocenters. The van der Waals surface area contributed by atoms with Gasteiger partial charge in [0, 0.05) is 16.8 Å². The Balaban J connectivity index is 1.69. The molecule has 10 heteroatoms. The second-order valence-corrected chi connectivity index (χ2v) is 6.00. The van der Waals surface area contributed by atoms with Gasteiger partial charge in [-0.2, -0.15) is 0 Å². The van der Waals surface area contributed by atoms with Gasteiger partial charge in [0.1, 0.15) is 5.56 Å². The highest BCUT2D eigenvalue weighted by Crippen LogP contribution is 2.38. The molecule has 0 radical (unpaired) electrons. The van der Waals surface area contributed by atoms with Gasteiger partial charge in [0.25, 0.3) is 11.6 Å². The molecule has 1 amide bonds. The summed E-state index contributed by atoms with van der Waals surface area (Å²) >= 11 is 5.85. The molecule has 1 aliphatic rings. The summed E-state index contributed by atoms with van der Waals surface area (Å²) in [5, 5.41) is 14.3. The number of aryl methyl sites for hydroxylation is 1. The summed E-state index contributed by atoms with van der Waals surface area (Å²) in [4.78, 5) is 34.7. The minimum atomic E-state index is -1.03. The molecule has 3 rings (SSSR count). The fourth-order valence-electron chi connectivity index (χ4n) is 2.41. The number of nitrogens with zero attached hydrogens (tertiary/aromatic N) is 1. The zero-order valence-corrected chi connectivity index (χ0v) is 14.7. The average molecular weight is 393 g/mol. The second-order valence-electron chi connectivity index (χ2n) is 5.56. The van der Waals surface area contributed by atoms with Crippen LogP contribution in [-0.2, 0) is 9.53 Å². The van der Waals surface area contributed by atoms with Crippen molar-refractivity contribution in [1.82, 2.24) is 0 Å². The first-order valence-electron chi connectivity index (χ1n) is 7.66. The molecule has 0 aromatic heterocycles. The molecular weight excluding hydrogens is 380 g/mol. The number of benzene rings is 2. The molecule has 0 aliphatic carbocycles. The van der Waals surface area contributed by atoms with Gasteiger partial charge in [-0.05, 0) is 30.7 Å². The van der Waals surface area contributed by atoms with Crippen LogP contribution in [0.1, 0.15) is 15.9 Å². The molecule has 1 N–H and O–H groups in total. The Morgan fingerprint density at radius 2 is 1.96 bits per heavy atom. The van der Waals surface area contributed by atoms with Crippen LogP contribution in [0, 0.1) is 17.0 Å². The van der Waals surface area contributed by atoms with Gasteiger partial charge in [-0.15, -0.1) is 0 Å².